The Labute approximate surface area is 193 Å². The smallest absolute Gasteiger partial charge is 0.255 e. The lowest BCUT2D eigenvalue weighted by Crippen LogP contribution is -3.00. The molecule has 0 bridgehead atoms. The summed E-state index contributed by atoms with van der Waals surface area (Å²) in [5, 5.41) is 3.85. The fourth-order valence-electron chi connectivity index (χ4n) is 3.20. The van der Waals surface area contributed by atoms with Gasteiger partial charge in [0, 0.05) is 27.7 Å². The lowest BCUT2D eigenvalue weighted by molar-refractivity contribution is -0.657. The Balaban J connectivity index is 0.00000256. The number of halogens is 2. The number of hydrogen-bond acceptors (Lipinski definition) is 2. The third-order valence-corrected chi connectivity index (χ3v) is 5.22. The average Bonchev–Trinajstić information content (AvgIpc) is 2.76. The van der Waals surface area contributed by atoms with Crippen molar-refractivity contribution in [1.29, 1.82) is 0 Å². The van der Waals surface area contributed by atoms with E-state index in [0.29, 0.717) is 16.8 Å². The molecule has 0 aliphatic heterocycles. The first-order valence-electron chi connectivity index (χ1n) is 9.18. The van der Waals surface area contributed by atoms with Gasteiger partial charge in [-0.15, -0.1) is 0 Å². The van der Waals surface area contributed by atoms with Crippen molar-refractivity contribution >= 4 is 44.2 Å². The predicted molar refractivity (Wildman–Crippen MR) is 117 cm³/mol. The first kappa shape index (κ1) is 21.9. The molecule has 0 fully saturated rings. The highest BCUT2D eigenvalue weighted by atomic mass is 79.9. The summed E-state index contributed by atoms with van der Waals surface area (Å²) >= 11 is 3.39. The van der Waals surface area contributed by atoms with Crippen LogP contribution in [0.15, 0.2) is 95.6 Å². The van der Waals surface area contributed by atoms with Crippen molar-refractivity contribution < 1.29 is 31.1 Å². The van der Waals surface area contributed by atoms with E-state index >= 15 is 0 Å². The molecule has 1 N–H and O–H groups in total. The van der Waals surface area contributed by atoms with E-state index in [2.05, 4.69) is 21.2 Å². The molecule has 4 rings (SSSR count). The number of carbonyl (C=O) groups is 2. The van der Waals surface area contributed by atoms with Gasteiger partial charge in [-0.05, 0) is 30.3 Å². The highest BCUT2D eigenvalue weighted by Crippen LogP contribution is 2.21. The standard InChI is InChI=1S/C24H17BrN2O2.BrH/c25-19-12-10-17(11-13-19)23(28)16-27-15-14-21(20-8-4-5-9-22(20)27)26-24(29)18-6-2-1-3-7-18;/h1-15H,16H2;1H. The van der Waals surface area contributed by atoms with E-state index in [9.17, 15) is 9.59 Å². The van der Waals surface area contributed by atoms with Crippen LogP contribution >= 0.6 is 15.9 Å². The number of hydrogen-bond donors (Lipinski definition) is 1. The maximum Gasteiger partial charge on any atom is 0.255 e. The zero-order valence-corrected chi connectivity index (χ0v) is 19.1. The maximum absolute atomic E-state index is 12.7. The number of fused-ring (bicyclic) bond motifs is 1. The van der Waals surface area contributed by atoms with Crippen molar-refractivity contribution in [2.24, 2.45) is 0 Å². The second kappa shape index (κ2) is 9.78. The van der Waals surface area contributed by atoms with E-state index in [1.165, 1.54) is 0 Å². The zero-order chi connectivity index (χ0) is 20.2. The van der Waals surface area contributed by atoms with Crippen molar-refractivity contribution in [2.75, 3.05) is 5.32 Å². The summed E-state index contributed by atoms with van der Waals surface area (Å²) < 4.78 is 2.84. The van der Waals surface area contributed by atoms with Crippen molar-refractivity contribution in [1.82, 2.24) is 0 Å². The number of ketones is 1. The molecule has 0 radical (unpaired) electrons. The normalized spacial score (nSPS) is 10.3. The Morgan fingerprint density at radius 2 is 1.47 bits per heavy atom. The lowest BCUT2D eigenvalue weighted by Gasteiger charge is -2.09. The molecule has 3 aromatic carbocycles. The highest BCUT2D eigenvalue weighted by Gasteiger charge is 2.18. The largest absolute Gasteiger partial charge is 1.00 e. The first-order valence-corrected chi connectivity index (χ1v) is 9.97. The summed E-state index contributed by atoms with van der Waals surface area (Å²) in [6.45, 7) is 0.217. The third kappa shape index (κ3) is 4.83. The molecule has 0 aliphatic rings. The molecule has 6 heteroatoms. The van der Waals surface area contributed by atoms with E-state index in [1.54, 1.807) is 12.1 Å². The molecule has 1 aromatic heterocycles. The van der Waals surface area contributed by atoms with Crippen molar-refractivity contribution in [2.45, 2.75) is 6.54 Å². The molecule has 0 saturated heterocycles. The summed E-state index contributed by atoms with van der Waals surface area (Å²) in [5.74, 6) is -0.145. The van der Waals surface area contributed by atoms with Gasteiger partial charge in [-0.1, -0.05) is 58.4 Å². The van der Waals surface area contributed by atoms with E-state index in [4.69, 9.17) is 0 Å². The Kier molecular flexibility index (Phi) is 7.13. The fourth-order valence-corrected chi connectivity index (χ4v) is 3.46. The monoisotopic (exact) mass is 524 g/mol. The molecule has 30 heavy (non-hydrogen) atoms. The number of benzene rings is 3. The van der Waals surface area contributed by atoms with Crippen molar-refractivity contribution in [3.05, 3.63) is 107 Å². The van der Waals surface area contributed by atoms with Crippen LogP contribution in [-0.4, -0.2) is 11.7 Å². The molecule has 4 nitrogen and oxygen atoms in total. The summed E-state index contributed by atoms with van der Waals surface area (Å²) in [7, 11) is 0. The van der Waals surface area contributed by atoms with Gasteiger partial charge < -0.3 is 22.3 Å². The maximum atomic E-state index is 12.7. The average molecular weight is 526 g/mol. The number of anilines is 1. The van der Waals surface area contributed by atoms with Gasteiger partial charge in [-0.2, -0.15) is 4.57 Å². The summed E-state index contributed by atoms with van der Waals surface area (Å²) in [6, 6.07) is 26.0. The number of carbonyl (C=O) groups excluding carboxylic acids is 2. The van der Waals surface area contributed by atoms with Gasteiger partial charge >= 0.3 is 0 Å². The first-order chi connectivity index (χ1) is 14.1. The minimum Gasteiger partial charge on any atom is -1.00 e. The van der Waals surface area contributed by atoms with Crippen LogP contribution in [0.3, 0.4) is 0 Å². The van der Waals surface area contributed by atoms with Gasteiger partial charge in [0.25, 0.3) is 5.91 Å². The van der Waals surface area contributed by atoms with Crippen LogP contribution < -0.4 is 26.9 Å². The third-order valence-electron chi connectivity index (χ3n) is 4.69. The van der Waals surface area contributed by atoms with Gasteiger partial charge in [0.05, 0.1) is 11.1 Å². The van der Waals surface area contributed by atoms with Crippen molar-refractivity contribution in [3.8, 4) is 0 Å². The minimum atomic E-state index is -0.167. The Morgan fingerprint density at radius 1 is 0.800 bits per heavy atom. The summed E-state index contributed by atoms with van der Waals surface area (Å²) in [6.07, 6.45) is 1.83. The van der Waals surface area contributed by atoms with Crippen LogP contribution in [0.2, 0.25) is 0 Å². The second-order valence-corrected chi connectivity index (χ2v) is 7.54. The number of nitrogens with zero attached hydrogens (tertiary/aromatic N) is 1. The number of amides is 1. The molecule has 1 amide bonds. The van der Waals surface area contributed by atoms with Crippen LogP contribution in [0.25, 0.3) is 10.9 Å². The molecular formula is C24H18Br2N2O2. The van der Waals surface area contributed by atoms with E-state index in [-0.39, 0.29) is 35.2 Å². The Morgan fingerprint density at radius 3 is 2.20 bits per heavy atom. The minimum absolute atomic E-state index is 0. The number of nitrogens with one attached hydrogen (secondary N) is 1. The Hall–Kier alpha value is -2.83. The van der Waals surface area contributed by atoms with Crippen LogP contribution in [0.4, 0.5) is 5.69 Å². The highest BCUT2D eigenvalue weighted by molar-refractivity contribution is 9.10. The summed E-state index contributed by atoms with van der Waals surface area (Å²) in [4.78, 5) is 25.3. The van der Waals surface area contributed by atoms with Crippen LogP contribution in [0.5, 0.6) is 0 Å². The van der Waals surface area contributed by atoms with Gasteiger partial charge in [-0.3, -0.25) is 9.59 Å². The van der Waals surface area contributed by atoms with E-state index in [1.807, 2.05) is 83.6 Å². The van der Waals surface area contributed by atoms with Gasteiger partial charge in [0.1, 0.15) is 0 Å². The Bertz CT molecular complexity index is 1190. The van der Waals surface area contributed by atoms with E-state index in [0.717, 1.165) is 15.4 Å². The molecule has 0 saturated carbocycles. The molecule has 4 aromatic rings. The number of pyridine rings is 1. The van der Waals surface area contributed by atoms with Crippen LogP contribution in [0.1, 0.15) is 20.7 Å². The number of rotatable bonds is 5. The molecule has 0 unspecified atom stereocenters. The van der Waals surface area contributed by atoms with Crippen LogP contribution in [-0.2, 0) is 6.54 Å². The molecule has 150 valence electrons. The van der Waals surface area contributed by atoms with Crippen LogP contribution in [0, 0.1) is 0 Å². The molecule has 0 atom stereocenters. The summed E-state index contributed by atoms with van der Waals surface area (Å²) in [5.41, 5.74) is 2.84. The number of Topliss-reactive ketones (excluding diaryl/α,β-unsaturated/α-hetero) is 1. The number of para-hydroxylation sites is 1. The topological polar surface area (TPSA) is 50.0 Å². The molecule has 0 aliphatic carbocycles. The quantitative estimate of drug-likeness (QED) is 0.320. The molecule has 1 heterocycles. The fraction of sp³-hybridized carbons (Fsp3) is 0.0417. The zero-order valence-electron chi connectivity index (χ0n) is 15.9. The van der Waals surface area contributed by atoms with Gasteiger partial charge in [0.2, 0.25) is 17.8 Å². The molecular weight excluding hydrogens is 508 g/mol. The SMILES string of the molecule is O=C(C[n+]1ccc(NC(=O)c2ccccc2)c2ccccc21)c1ccc(Br)cc1.[Br-]. The lowest BCUT2D eigenvalue weighted by atomic mass is 10.1. The van der Waals surface area contributed by atoms with Crippen molar-refractivity contribution in [3.63, 3.8) is 0 Å². The van der Waals surface area contributed by atoms with Gasteiger partial charge in [-0.25, -0.2) is 0 Å². The predicted octanol–water partition coefficient (Wildman–Crippen LogP) is 2.03. The second-order valence-electron chi connectivity index (χ2n) is 6.62. The molecule has 0 spiro atoms. The number of aromatic nitrogens is 1. The van der Waals surface area contributed by atoms with E-state index < -0.39 is 0 Å². The van der Waals surface area contributed by atoms with Gasteiger partial charge in [0.15, 0.2) is 6.20 Å².